The van der Waals surface area contributed by atoms with Gasteiger partial charge in [-0.25, -0.2) is 0 Å². The minimum absolute atomic E-state index is 0.00149. The van der Waals surface area contributed by atoms with Gasteiger partial charge in [0, 0.05) is 106 Å². The van der Waals surface area contributed by atoms with Crippen molar-refractivity contribution in [2.75, 3.05) is 94.6 Å². The van der Waals surface area contributed by atoms with E-state index >= 15 is 0 Å². The molecule has 14 rings (SSSR count). The molecule has 12 bridgehead atoms. The lowest BCUT2D eigenvalue weighted by atomic mass is 9.50. The third-order valence-corrected chi connectivity index (χ3v) is 31.2. The standard InChI is InChI=1S/C41H64N2O6S3.C21H34O8S3.C11H19N/c1-50-23-32(38(46)42-40-17-26-9-27(18-40)11-28(10-26)19-40)15-34(44)5-7-48-25-49-8-6-35(45)16-33(24-52-37-4-3-36(37)51-2)39(47)43-41-20-29-12-30(21-41)14-31(13-29)22-41;1-30-11-14(20(24)25)9-16(22)5-7-28-13-29-8-6-17(23)10-15(21(26)27)12-32-19-4-3-18(19)31-2;12-7-11-4-8-1-9(5-11)3-10(2-8)6-11/h26-33,36-37H,3-25H2,1-2H3,(H,42,46)(H,43,47);14-15,18-19H,3-13H2,1-2H3,(H,24,25)(H,26,27);8-10H,1-7,12H2. The van der Waals surface area contributed by atoms with E-state index in [0.717, 1.165) is 105 Å². The molecule has 2 amide bonds. The summed E-state index contributed by atoms with van der Waals surface area (Å²) in [4.78, 5) is 99.8. The second kappa shape index (κ2) is 38.3. The first kappa shape index (κ1) is 78.6. The molecule has 96 heavy (non-hydrogen) atoms. The first-order chi connectivity index (χ1) is 46.2. The summed E-state index contributed by atoms with van der Waals surface area (Å²) in [5.41, 5.74) is 6.46. The molecule has 6 N–H and O–H groups in total. The Morgan fingerprint density at radius 1 is 0.406 bits per heavy atom. The van der Waals surface area contributed by atoms with Crippen LogP contribution in [0.5, 0.6) is 0 Å². The maximum Gasteiger partial charge on any atom is 0.307 e. The van der Waals surface area contributed by atoms with Crippen LogP contribution in [-0.4, -0.2) is 184 Å². The van der Waals surface area contributed by atoms with Gasteiger partial charge in [0.25, 0.3) is 0 Å². The number of ketones is 4. The molecule has 0 aromatic heterocycles. The Morgan fingerprint density at radius 2 is 0.677 bits per heavy atom. The number of amides is 2. The van der Waals surface area contributed by atoms with Gasteiger partial charge in [0.2, 0.25) is 11.8 Å². The van der Waals surface area contributed by atoms with Crippen molar-refractivity contribution < 1.29 is 67.5 Å². The number of carboxylic acid groups (broad SMARTS) is 2. The van der Waals surface area contributed by atoms with Crippen LogP contribution < -0.4 is 16.4 Å². The molecule has 0 spiro atoms. The Kier molecular flexibility index (Phi) is 31.3. The topological polar surface area (TPSA) is 264 Å². The predicted octanol–water partition coefficient (Wildman–Crippen LogP) is 12.3. The second-order valence-electron chi connectivity index (χ2n) is 31.7. The SMILES string of the molecule is CSCC(CC(=O)CCOCOCCC(=O)CC(CSC1CCC1SC)C(=O)NC12CC3CC(CC(C3)C1)C2)C(=O)NC12CC3CC(CC(C3)C1)C2.CSCC(CC(=O)CCOCOCCC(=O)CC(CSC1CCC1SC)C(=O)O)C(=O)O.NCC12CC3CC(CC(C3)C1)C2. The molecule has 14 saturated carbocycles. The van der Waals surface area contributed by atoms with Crippen LogP contribution in [0.3, 0.4) is 0 Å². The van der Waals surface area contributed by atoms with Crippen molar-refractivity contribution >= 4 is 117 Å². The van der Waals surface area contributed by atoms with Crippen molar-refractivity contribution in [3.63, 3.8) is 0 Å². The Balaban J connectivity index is 0.000000206. The molecule has 0 saturated heterocycles. The summed E-state index contributed by atoms with van der Waals surface area (Å²) in [6.07, 6.45) is 37.7. The third kappa shape index (κ3) is 23.2. The number of nitrogens with one attached hydrogen (secondary N) is 2. The van der Waals surface area contributed by atoms with Gasteiger partial charge in [-0.3, -0.25) is 38.4 Å². The van der Waals surface area contributed by atoms with Crippen LogP contribution in [0.1, 0.15) is 193 Å². The van der Waals surface area contributed by atoms with Crippen LogP contribution in [0.25, 0.3) is 0 Å². The first-order valence-electron chi connectivity index (χ1n) is 36.6. The zero-order valence-electron chi connectivity index (χ0n) is 58.1. The lowest BCUT2D eigenvalue weighted by Crippen LogP contribution is -2.61. The molecule has 8 unspecified atom stereocenters. The van der Waals surface area contributed by atoms with Crippen molar-refractivity contribution in [3.05, 3.63) is 0 Å². The predicted molar refractivity (Wildman–Crippen MR) is 390 cm³/mol. The summed E-state index contributed by atoms with van der Waals surface area (Å²) in [5.74, 6) is 5.95. The largest absolute Gasteiger partial charge is 0.481 e. The molecule has 23 heteroatoms. The van der Waals surface area contributed by atoms with Crippen molar-refractivity contribution in [1.29, 1.82) is 0 Å². The van der Waals surface area contributed by atoms with E-state index < -0.39 is 23.8 Å². The zero-order chi connectivity index (χ0) is 68.4. The fourth-order valence-electron chi connectivity index (χ4n) is 20.0. The van der Waals surface area contributed by atoms with E-state index in [1.165, 1.54) is 108 Å². The number of carbonyl (C=O) groups excluding carboxylic acids is 6. The highest BCUT2D eigenvalue weighted by Gasteiger charge is 2.54. The fraction of sp³-hybridized carbons (Fsp3) is 0.890. The molecule has 0 aromatic rings. The zero-order valence-corrected chi connectivity index (χ0v) is 63.0. The number of carbonyl (C=O) groups is 8. The molecule has 14 aliphatic rings. The van der Waals surface area contributed by atoms with Crippen LogP contribution in [-0.2, 0) is 57.3 Å². The summed E-state index contributed by atoms with van der Waals surface area (Å²) >= 11 is 10.3. The summed E-state index contributed by atoms with van der Waals surface area (Å²) in [5, 5.41) is 27.8. The van der Waals surface area contributed by atoms with Crippen molar-refractivity contribution in [3.8, 4) is 0 Å². The molecule has 0 radical (unpaired) electrons. The highest BCUT2D eigenvalue weighted by molar-refractivity contribution is 8.04. The van der Waals surface area contributed by atoms with Gasteiger partial charge >= 0.3 is 11.9 Å². The number of ether oxygens (including phenoxy) is 4. The summed E-state index contributed by atoms with van der Waals surface area (Å²) in [6, 6.07) is 0. The Bertz CT molecular complexity index is 2470. The lowest BCUT2D eigenvalue weighted by molar-refractivity contribution is -0.143. The molecule has 544 valence electrons. The number of nitrogens with two attached hydrogens (primary N) is 1. The Labute approximate surface area is 598 Å². The molecule has 14 aliphatic carbocycles. The van der Waals surface area contributed by atoms with E-state index in [-0.39, 0.29) is 149 Å². The van der Waals surface area contributed by atoms with E-state index in [9.17, 15) is 43.5 Å². The Morgan fingerprint density at radius 3 is 0.958 bits per heavy atom. The number of thioether (sulfide) groups is 6. The average Bonchev–Trinajstić information content (AvgIpc) is 0.766. The summed E-state index contributed by atoms with van der Waals surface area (Å²) in [7, 11) is 0. The summed E-state index contributed by atoms with van der Waals surface area (Å²) in [6.45, 7) is 1.62. The molecule has 14 fully saturated rings. The van der Waals surface area contributed by atoms with Crippen molar-refractivity contribution in [2.45, 2.75) is 225 Å². The fourth-order valence-corrected chi connectivity index (χ4v) is 26.9. The number of Topliss-reactive ketones (excluding diaryl/α,β-unsaturated/α-hetero) is 4. The van der Waals surface area contributed by atoms with Crippen LogP contribution in [0, 0.1) is 82.3 Å². The highest BCUT2D eigenvalue weighted by atomic mass is 32.2. The maximum absolute atomic E-state index is 13.8. The normalized spacial score (nSPS) is 34.0. The second-order valence-corrected chi connectivity index (χ2v) is 38.2. The van der Waals surface area contributed by atoms with E-state index in [1.807, 2.05) is 41.5 Å². The molecule has 0 aromatic carbocycles. The summed E-state index contributed by atoms with van der Waals surface area (Å²) < 4.78 is 21.7. The van der Waals surface area contributed by atoms with Gasteiger partial charge in [0.1, 0.15) is 36.7 Å². The van der Waals surface area contributed by atoms with Gasteiger partial charge in [0.05, 0.1) is 50.1 Å². The number of aliphatic carboxylic acids is 2. The van der Waals surface area contributed by atoms with Crippen LogP contribution in [0.4, 0.5) is 0 Å². The van der Waals surface area contributed by atoms with Gasteiger partial charge in [-0.2, -0.15) is 70.6 Å². The Hall–Kier alpha value is -1.54. The number of carboxylic acids is 2. The molecule has 0 aliphatic heterocycles. The smallest absolute Gasteiger partial charge is 0.307 e. The van der Waals surface area contributed by atoms with E-state index in [2.05, 4.69) is 23.1 Å². The molecular formula is C73H117N3O14S6. The molecule has 8 atom stereocenters. The maximum atomic E-state index is 13.8. The van der Waals surface area contributed by atoms with Crippen molar-refractivity contribution in [1.82, 2.24) is 10.6 Å². The van der Waals surface area contributed by atoms with Crippen molar-refractivity contribution in [2.24, 2.45) is 88.1 Å². The minimum atomic E-state index is -0.974. The third-order valence-electron chi connectivity index (χ3n) is 23.9. The van der Waals surface area contributed by atoms with Gasteiger partial charge in [-0.15, -0.1) is 0 Å². The number of hydrogen-bond acceptors (Lipinski definition) is 19. The van der Waals surface area contributed by atoms with E-state index in [1.54, 1.807) is 29.8 Å². The van der Waals surface area contributed by atoms with Gasteiger partial charge in [-0.1, -0.05) is 0 Å². The average molecular weight is 1450 g/mol. The quantitative estimate of drug-likeness (QED) is 0.0281. The van der Waals surface area contributed by atoms with Gasteiger partial charge < -0.3 is 45.5 Å². The first-order valence-corrected chi connectivity index (χ1v) is 44.1. The molecule has 17 nitrogen and oxygen atoms in total. The molecular weight excluding hydrogens is 1340 g/mol. The number of rotatable bonds is 43. The highest BCUT2D eigenvalue weighted by Crippen LogP contribution is 2.60. The monoisotopic (exact) mass is 1450 g/mol. The number of hydrogen-bond donors (Lipinski definition) is 5. The van der Waals surface area contributed by atoms with Crippen LogP contribution >= 0.6 is 70.6 Å². The van der Waals surface area contributed by atoms with Gasteiger partial charge in [0.15, 0.2) is 0 Å². The van der Waals surface area contributed by atoms with E-state index in [4.69, 9.17) is 29.8 Å². The van der Waals surface area contributed by atoms with Gasteiger partial charge in [-0.05, 0) is 232 Å². The molecule has 0 heterocycles. The lowest BCUT2D eigenvalue weighted by Gasteiger charge is -2.57. The van der Waals surface area contributed by atoms with E-state index in [0.29, 0.717) is 49.4 Å². The van der Waals surface area contributed by atoms with Crippen LogP contribution in [0.2, 0.25) is 0 Å². The minimum Gasteiger partial charge on any atom is -0.481 e. The van der Waals surface area contributed by atoms with Crippen LogP contribution in [0.15, 0.2) is 0 Å².